The molecule has 0 bridgehead atoms. The predicted octanol–water partition coefficient (Wildman–Crippen LogP) is 1.53. The summed E-state index contributed by atoms with van der Waals surface area (Å²) < 4.78 is 0.929. The van der Waals surface area contributed by atoms with E-state index < -0.39 is 0 Å². The number of nitrogens with two attached hydrogens (primary N) is 1. The number of aromatic nitrogens is 1. The summed E-state index contributed by atoms with van der Waals surface area (Å²) in [6.45, 7) is 1.84. The summed E-state index contributed by atoms with van der Waals surface area (Å²) in [6, 6.07) is 1.92. The first kappa shape index (κ1) is 8.20. The molecule has 11 heavy (non-hydrogen) atoms. The van der Waals surface area contributed by atoms with E-state index in [9.17, 15) is 0 Å². The van der Waals surface area contributed by atoms with Crippen LogP contribution in [0.15, 0.2) is 28.0 Å². The molecule has 0 saturated heterocycles. The summed E-state index contributed by atoms with van der Waals surface area (Å²) in [5.41, 5.74) is 1.71. The molecule has 0 fully saturated rings. The van der Waals surface area contributed by atoms with E-state index in [4.69, 9.17) is 5.84 Å². The zero-order valence-corrected chi connectivity index (χ0v) is 7.67. The number of hydrogen-bond donors (Lipinski definition) is 1. The van der Waals surface area contributed by atoms with Gasteiger partial charge >= 0.3 is 0 Å². The van der Waals surface area contributed by atoms with E-state index in [2.05, 4.69) is 26.0 Å². The van der Waals surface area contributed by atoms with Gasteiger partial charge in [0.25, 0.3) is 0 Å². The third kappa shape index (κ3) is 2.01. The van der Waals surface area contributed by atoms with Crippen LogP contribution in [0.4, 0.5) is 0 Å². The topological polar surface area (TPSA) is 51.3 Å². The fourth-order valence-electron chi connectivity index (χ4n) is 0.684. The average Bonchev–Trinajstić information content (AvgIpc) is 2.03. The Morgan fingerprint density at radius 3 is 2.91 bits per heavy atom. The van der Waals surface area contributed by atoms with Crippen molar-refractivity contribution in [2.24, 2.45) is 10.9 Å². The largest absolute Gasteiger partial charge is 0.323 e. The van der Waals surface area contributed by atoms with Crippen molar-refractivity contribution >= 4 is 21.6 Å². The Labute approximate surface area is 73.5 Å². The zero-order chi connectivity index (χ0) is 8.27. The SMILES string of the molecule is C/C(=N/N)c1cncc(Br)c1. The van der Waals surface area contributed by atoms with E-state index in [1.165, 1.54) is 0 Å². The van der Waals surface area contributed by atoms with Crippen LogP contribution < -0.4 is 5.84 Å². The van der Waals surface area contributed by atoms with Crippen molar-refractivity contribution in [1.82, 2.24) is 4.98 Å². The van der Waals surface area contributed by atoms with Crippen molar-refractivity contribution in [2.45, 2.75) is 6.92 Å². The summed E-state index contributed by atoms with van der Waals surface area (Å²) in [6.07, 6.45) is 3.43. The summed E-state index contributed by atoms with van der Waals surface area (Å²) >= 11 is 3.30. The third-order valence-electron chi connectivity index (χ3n) is 1.32. The number of halogens is 1. The van der Waals surface area contributed by atoms with Gasteiger partial charge in [-0.05, 0) is 28.9 Å². The number of nitrogens with zero attached hydrogens (tertiary/aromatic N) is 2. The highest BCUT2D eigenvalue weighted by Gasteiger charge is 1.96. The Morgan fingerprint density at radius 2 is 2.36 bits per heavy atom. The lowest BCUT2D eigenvalue weighted by atomic mass is 10.2. The zero-order valence-electron chi connectivity index (χ0n) is 6.08. The van der Waals surface area contributed by atoms with Crippen molar-refractivity contribution in [1.29, 1.82) is 0 Å². The van der Waals surface area contributed by atoms with Gasteiger partial charge in [0.2, 0.25) is 0 Å². The van der Waals surface area contributed by atoms with Gasteiger partial charge in [-0.3, -0.25) is 4.98 Å². The van der Waals surface area contributed by atoms with Crippen LogP contribution in [-0.4, -0.2) is 10.7 Å². The highest BCUT2D eigenvalue weighted by molar-refractivity contribution is 9.10. The van der Waals surface area contributed by atoms with Crippen LogP contribution >= 0.6 is 15.9 Å². The van der Waals surface area contributed by atoms with E-state index in [0.29, 0.717) is 0 Å². The molecule has 0 aliphatic heterocycles. The van der Waals surface area contributed by atoms with Crippen LogP contribution in [0.25, 0.3) is 0 Å². The second-order valence-electron chi connectivity index (χ2n) is 2.11. The minimum absolute atomic E-state index is 0.777. The molecule has 4 heteroatoms. The molecule has 2 N–H and O–H groups in total. The van der Waals surface area contributed by atoms with Crippen LogP contribution in [0.3, 0.4) is 0 Å². The molecule has 0 saturated carbocycles. The minimum Gasteiger partial charge on any atom is -0.323 e. The van der Waals surface area contributed by atoms with Crippen LogP contribution in [0.5, 0.6) is 0 Å². The van der Waals surface area contributed by atoms with Gasteiger partial charge in [-0.2, -0.15) is 5.10 Å². The van der Waals surface area contributed by atoms with Gasteiger partial charge in [0.1, 0.15) is 0 Å². The Morgan fingerprint density at radius 1 is 1.64 bits per heavy atom. The maximum atomic E-state index is 5.10. The highest BCUT2D eigenvalue weighted by atomic mass is 79.9. The maximum absolute atomic E-state index is 5.10. The molecule has 1 rings (SSSR count). The Kier molecular flexibility index (Phi) is 2.59. The normalized spacial score (nSPS) is 11.6. The Bertz CT molecular complexity index is 283. The molecule has 0 aliphatic carbocycles. The molecular formula is C7H8BrN3. The van der Waals surface area contributed by atoms with E-state index in [-0.39, 0.29) is 0 Å². The predicted molar refractivity (Wildman–Crippen MR) is 48.3 cm³/mol. The summed E-state index contributed by atoms with van der Waals surface area (Å²) in [4.78, 5) is 3.97. The van der Waals surface area contributed by atoms with E-state index in [0.717, 1.165) is 15.7 Å². The molecule has 0 amide bonds. The van der Waals surface area contributed by atoms with Crippen LogP contribution in [0, 0.1) is 0 Å². The average molecular weight is 214 g/mol. The van der Waals surface area contributed by atoms with Gasteiger partial charge in [-0.15, -0.1) is 0 Å². The first-order chi connectivity index (χ1) is 5.24. The first-order valence-corrected chi connectivity index (χ1v) is 3.88. The Hall–Kier alpha value is -0.900. The standard InChI is InChI=1S/C7H8BrN3/c1-5(11-9)6-2-7(8)4-10-3-6/h2-4H,9H2,1H3/b11-5-. The second kappa shape index (κ2) is 3.48. The lowest BCUT2D eigenvalue weighted by Crippen LogP contribution is -1.98. The molecule has 0 radical (unpaired) electrons. The number of hydrazone groups is 1. The van der Waals surface area contributed by atoms with E-state index in [1.54, 1.807) is 12.4 Å². The number of hydrogen-bond acceptors (Lipinski definition) is 3. The summed E-state index contributed by atoms with van der Waals surface area (Å²) in [5.74, 6) is 5.10. The van der Waals surface area contributed by atoms with E-state index in [1.807, 2.05) is 13.0 Å². The lowest BCUT2D eigenvalue weighted by Gasteiger charge is -1.97. The van der Waals surface area contributed by atoms with Crippen molar-refractivity contribution in [2.75, 3.05) is 0 Å². The first-order valence-electron chi connectivity index (χ1n) is 3.09. The lowest BCUT2D eigenvalue weighted by molar-refractivity contribution is 1.22. The van der Waals surface area contributed by atoms with Crippen LogP contribution in [0.1, 0.15) is 12.5 Å². The molecule has 1 aromatic rings. The molecule has 0 aromatic carbocycles. The third-order valence-corrected chi connectivity index (χ3v) is 1.75. The summed E-state index contributed by atoms with van der Waals surface area (Å²) in [7, 11) is 0. The quantitative estimate of drug-likeness (QED) is 0.437. The fraction of sp³-hybridized carbons (Fsp3) is 0.143. The van der Waals surface area contributed by atoms with Crippen molar-refractivity contribution in [3.8, 4) is 0 Å². The van der Waals surface area contributed by atoms with Crippen molar-refractivity contribution < 1.29 is 0 Å². The van der Waals surface area contributed by atoms with Gasteiger partial charge in [-0.25, -0.2) is 0 Å². The molecule has 0 spiro atoms. The number of rotatable bonds is 1. The minimum atomic E-state index is 0.777. The van der Waals surface area contributed by atoms with Gasteiger partial charge < -0.3 is 5.84 Å². The van der Waals surface area contributed by atoms with Gasteiger partial charge in [-0.1, -0.05) is 0 Å². The highest BCUT2D eigenvalue weighted by Crippen LogP contribution is 2.09. The number of pyridine rings is 1. The molecule has 58 valence electrons. The van der Waals surface area contributed by atoms with Gasteiger partial charge in [0.05, 0.1) is 5.71 Å². The summed E-state index contributed by atoms with van der Waals surface area (Å²) in [5, 5.41) is 3.56. The molecular weight excluding hydrogens is 206 g/mol. The molecule has 1 heterocycles. The van der Waals surface area contributed by atoms with Crippen molar-refractivity contribution in [3.05, 3.63) is 28.5 Å². The van der Waals surface area contributed by atoms with Gasteiger partial charge in [0, 0.05) is 22.4 Å². The monoisotopic (exact) mass is 213 g/mol. The molecule has 1 aromatic heterocycles. The van der Waals surface area contributed by atoms with Crippen molar-refractivity contribution in [3.63, 3.8) is 0 Å². The second-order valence-corrected chi connectivity index (χ2v) is 3.02. The van der Waals surface area contributed by atoms with Crippen LogP contribution in [-0.2, 0) is 0 Å². The van der Waals surface area contributed by atoms with Crippen LogP contribution in [0.2, 0.25) is 0 Å². The van der Waals surface area contributed by atoms with E-state index >= 15 is 0 Å². The molecule has 0 aliphatic rings. The molecule has 3 nitrogen and oxygen atoms in total. The molecule has 0 unspecified atom stereocenters. The smallest absolute Gasteiger partial charge is 0.0657 e. The Balaban J connectivity index is 3.06. The molecule has 0 atom stereocenters. The van der Waals surface area contributed by atoms with Gasteiger partial charge in [0.15, 0.2) is 0 Å². The fourth-order valence-corrected chi connectivity index (χ4v) is 1.05. The maximum Gasteiger partial charge on any atom is 0.0657 e.